The third-order valence-corrected chi connectivity index (χ3v) is 5.79. The molecule has 1 saturated heterocycles. The van der Waals surface area contributed by atoms with Crippen molar-refractivity contribution < 1.29 is 37.4 Å². The molecule has 8 nitrogen and oxygen atoms in total. The molecule has 1 N–H and O–H groups in total. The summed E-state index contributed by atoms with van der Waals surface area (Å²) in [5.41, 5.74) is 1.49. The summed E-state index contributed by atoms with van der Waals surface area (Å²) in [4.78, 5) is 39.2. The number of imide groups is 1. The summed E-state index contributed by atoms with van der Waals surface area (Å²) in [6.45, 7) is -1.87. The summed E-state index contributed by atoms with van der Waals surface area (Å²) >= 11 is 0. The minimum Gasteiger partial charge on any atom is -0.493 e. The zero-order chi connectivity index (χ0) is 24.2. The molecule has 2 aliphatic heterocycles. The van der Waals surface area contributed by atoms with Gasteiger partial charge in [0.15, 0.2) is 11.5 Å². The molecule has 2 aliphatic rings. The van der Waals surface area contributed by atoms with E-state index in [2.05, 4.69) is 10.1 Å². The van der Waals surface area contributed by atoms with Crippen molar-refractivity contribution in [2.24, 2.45) is 0 Å². The van der Waals surface area contributed by atoms with Gasteiger partial charge in [-0.2, -0.15) is 8.78 Å². The highest BCUT2D eigenvalue weighted by Gasteiger charge is 2.37. The van der Waals surface area contributed by atoms with Crippen molar-refractivity contribution in [1.29, 1.82) is 0 Å². The lowest BCUT2D eigenvalue weighted by atomic mass is 10.1. The summed E-state index contributed by atoms with van der Waals surface area (Å²) in [6, 6.07) is 8.98. The van der Waals surface area contributed by atoms with Crippen molar-refractivity contribution in [3.05, 3.63) is 58.7 Å². The molecule has 0 spiro atoms. The van der Waals surface area contributed by atoms with Gasteiger partial charge < -0.3 is 19.5 Å². The molecule has 1 unspecified atom stereocenters. The zero-order valence-electron chi connectivity index (χ0n) is 18.5. The first-order chi connectivity index (χ1) is 16.4. The van der Waals surface area contributed by atoms with Crippen LogP contribution in [0.4, 0.5) is 8.78 Å². The lowest BCUT2D eigenvalue weighted by molar-refractivity contribution is -0.0512. The summed E-state index contributed by atoms with van der Waals surface area (Å²) < 4.78 is 39.9. The fourth-order valence-corrected chi connectivity index (χ4v) is 4.07. The van der Waals surface area contributed by atoms with Gasteiger partial charge in [-0.25, -0.2) is 0 Å². The maximum Gasteiger partial charge on any atom is 0.387 e. The predicted octanol–water partition coefficient (Wildman–Crippen LogP) is 3.04. The van der Waals surface area contributed by atoms with Gasteiger partial charge in [0.1, 0.15) is 0 Å². The van der Waals surface area contributed by atoms with E-state index in [9.17, 15) is 23.2 Å². The normalized spacial score (nSPS) is 17.3. The van der Waals surface area contributed by atoms with Gasteiger partial charge in [-0.1, -0.05) is 6.07 Å². The quantitative estimate of drug-likeness (QED) is 0.562. The molecule has 1 atom stereocenters. The van der Waals surface area contributed by atoms with Crippen LogP contribution in [-0.2, 0) is 11.2 Å². The lowest BCUT2D eigenvalue weighted by Gasteiger charge is -2.17. The van der Waals surface area contributed by atoms with Gasteiger partial charge in [-0.15, -0.1) is 0 Å². The van der Waals surface area contributed by atoms with E-state index in [1.807, 2.05) is 0 Å². The molecule has 0 radical (unpaired) electrons. The summed E-state index contributed by atoms with van der Waals surface area (Å²) in [6.07, 6.45) is 1.96. The van der Waals surface area contributed by atoms with Crippen molar-refractivity contribution in [2.45, 2.75) is 32.0 Å². The summed E-state index contributed by atoms with van der Waals surface area (Å²) in [5.74, 6) is -1.11. The largest absolute Gasteiger partial charge is 0.493 e. The van der Waals surface area contributed by atoms with Crippen LogP contribution in [0.3, 0.4) is 0 Å². The number of benzene rings is 2. The van der Waals surface area contributed by atoms with Gasteiger partial charge in [-0.05, 0) is 55.2 Å². The van der Waals surface area contributed by atoms with E-state index < -0.39 is 18.4 Å². The number of fused-ring (bicyclic) bond motifs is 1. The van der Waals surface area contributed by atoms with Crippen molar-refractivity contribution in [2.75, 3.05) is 26.8 Å². The third-order valence-electron chi connectivity index (χ3n) is 5.79. The van der Waals surface area contributed by atoms with Gasteiger partial charge >= 0.3 is 6.61 Å². The number of amides is 3. The van der Waals surface area contributed by atoms with Crippen molar-refractivity contribution >= 4 is 17.7 Å². The number of rotatable bonds is 9. The molecule has 2 aromatic rings. The molecule has 4 rings (SSSR count). The second-order valence-corrected chi connectivity index (χ2v) is 7.99. The number of methoxy groups -OCH3 is 1. The minimum absolute atomic E-state index is 0.0730. The number of nitrogens with one attached hydrogen (secondary N) is 1. The molecular weight excluding hydrogens is 450 g/mol. The smallest absolute Gasteiger partial charge is 0.387 e. The van der Waals surface area contributed by atoms with Gasteiger partial charge in [-0.3, -0.25) is 19.3 Å². The van der Waals surface area contributed by atoms with Crippen LogP contribution >= 0.6 is 0 Å². The predicted molar refractivity (Wildman–Crippen MR) is 116 cm³/mol. The van der Waals surface area contributed by atoms with Gasteiger partial charge in [0.05, 0.1) is 30.9 Å². The van der Waals surface area contributed by atoms with E-state index >= 15 is 0 Å². The number of ether oxygens (including phenoxy) is 3. The molecule has 0 saturated carbocycles. The number of carbonyl (C=O) groups excluding carboxylic acids is 3. The van der Waals surface area contributed by atoms with Crippen LogP contribution in [-0.4, -0.2) is 62.1 Å². The third kappa shape index (κ3) is 5.01. The average molecular weight is 474 g/mol. The molecule has 0 aliphatic carbocycles. The Kier molecular flexibility index (Phi) is 7.06. The zero-order valence-corrected chi connectivity index (χ0v) is 18.5. The molecule has 3 amide bonds. The Morgan fingerprint density at radius 3 is 2.65 bits per heavy atom. The van der Waals surface area contributed by atoms with E-state index in [1.54, 1.807) is 12.1 Å². The van der Waals surface area contributed by atoms with Crippen LogP contribution in [0, 0.1) is 0 Å². The highest BCUT2D eigenvalue weighted by atomic mass is 19.3. The van der Waals surface area contributed by atoms with Crippen molar-refractivity contribution in [3.63, 3.8) is 0 Å². The number of halogens is 2. The number of carbonyl (C=O) groups is 3. The summed E-state index contributed by atoms with van der Waals surface area (Å²) in [7, 11) is 1.35. The molecule has 1 fully saturated rings. The molecule has 34 heavy (non-hydrogen) atoms. The maximum absolute atomic E-state index is 12.8. The molecule has 10 heteroatoms. The fraction of sp³-hybridized carbons (Fsp3) is 0.375. The van der Waals surface area contributed by atoms with Crippen LogP contribution in [0.5, 0.6) is 11.5 Å². The topological polar surface area (TPSA) is 94.2 Å². The van der Waals surface area contributed by atoms with E-state index in [0.717, 1.165) is 18.4 Å². The van der Waals surface area contributed by atoms with E-state index in [4.69, 9.17) is 9.47 Å². The SMILES string of the molecule is COc1cc(CCNC(=O)c2ccc3c(c2)C(=O)N(CC2CCCO2)C3=O)ccc1OC(F)F. The number of nitrogens with zero attached hydrogens (tertiary/aromatic N) is 1. The number of alkyl halides is 2. The van der Waals surface area contributed by atoms with Crippen LogP contribution in [0.2, 0.25) is 0 Å². The van der Waals surface area contributed by atoms with E-state index in [0.29, 0.717) is 13.0 Å². The van der Waals surface area contributed by atoms with E-state index in [-0.39, 0.29) is 53.3 Å². The first-order valence-corrected chi connectivity index (χ1v) is 10.9. The fourth-order valence-electron chi connectivity index (χ4n) is 4.07. The molecule has 180 valence electrons. The van der Waals surface area contributed by atoms with Crippen LogP contribution < -0.4 is 14.8 Å². The first-order valence-electron chi connectivity index (χ1n) is 10.9. The Morgan fingerprint density at radius 2 is 1.94 bits per heavy atom. The van der Waals surface area contributed by atoms with Crippen molar-refractivity contribution in [1.82, 2.24) is 10.2 Å². The van der Waals surface area contributed by atoms with Crippen LogP contribution in [0.25, 0.3) is 0 Å². The Balaban J connectivity index is 1.36. The van der Waals surface area contributed by atoms with E-state index in [1.165, 1.54) is 36.3 Å². The Bertz CT molecular complexity index is 1100. The number of hydrogen-bond donors (Lipinski definition) is 1. The molecule has 2 heterocycles. The van der Waals surface area contributed by atoms with Gasteiger partial charge in [0.25, 0.3) is 17.7 Å². The van der Waals surface area contributed by atoms with Gasteiger partial charge in [0.2, 0.25) is 0 Å². The van der Waals surface area contributed by atoms with Crippen molar-refractivity contribution in [3.8, 4) is 11.5 Å². The highest BCUT2D eigenvalue weighted by Crippen LogP contribution is 2.30. The Hall–Kier alpha value is -3.53. The Labute approximate surface area is 194 Å². The first kappa shape index (κ1) is 23.6. The monoisotopic (exact) mass is 474 g/mol. The van der Waals surface area contributed by atoms with Crippen LogP contribution in [0.15, 0.2) is 36.4 Å². The van der Waals surface area contributed by atoms with Crippen LogP contribution in [0.1, 0.15) is 49.5 Å². The highest BCUT2D eigenvalue weighted by molar-refractivity contribution is 6.22. The van der Waals surface area contributed by atoms with Gasteiger partial charge in [0, 0.05) is 18.7 Å². The lowest BCUT2D eigenvalue weighted by Crippen LogP contribution is -2.36. The second-order valence-electron chi connectivity index (χ2n) is 7.99. The maximum atomic E-state index is 12.8. The molecular formula is C24H24F2N2O6. The second kappa shape index (κ2) is 10.2. The summed E-state index contributed by atoms with van der Waals surface area (Å²) in [5, 5.41) is 2.76. The standard InChI is InChI=1S/C24H24F2N2O6/c1-32-20-11-14(4-7-19(20)34-24(25)26)8-9-27-21(29)15-5-6-17-18(12-15)23(31)28(22(17)30)13-16-3-2-10-33-16/h4-7,11-12,16,24H,2-3,8-10,13H2,1H3,(H,27,29). The molecule has 2 aromatic carbocycles. The number of hydrogen-bond acceptors (Lipinski definition) is 6. The molecule has 0 bridgehead atoms. The Morgan fingerprint density at radius 1 is 1.15 bits per heavy atom. The minimum atomic E-state index is -2.96. The molecule has 0 aromatic heterocycles. The average Bonchev–Trinajstić information content (AvgIpc) is 3.42.